The lowest BCUT2D eigenvalue weighted by Crippen LogP contribution is -2.63. The van der Waals surface area contributed by atoms with Crippen molar-refractivity contribution in [2.45, 2.75) is 30.7 Å². The molecule has 116 valence electrons. The van der Waals surface area contributed by atoms with Crippen molar-refractivity contribution in [3.63, 3.8) is 0 Å². The average Bonchev–Trinajstić information content (AvgIpc) is 2.38. The highest BCUT2D eigenvalue weighted by atomic mass is 31.2. The lowest BCUT2D eigenvalue weighted by atomic mass is 9.65. The Bertz CT molecular complexity index is 440. The van der Waals surface area contributed by atoms with Gasteiger partial charge in [-0.05, 0) is 6.42 Å². The molecule has 0 aromatic rings. The van der Waals surface area contributed by atoms with E-state index in [1.165, 1.54) is 0 Å². The maximum Gasteiger partial charge on any atom is 0.472 e. The van der Waals surface area contributed by atoms with E-state index in [0.717, 1.165) is 7.11 Å². The number of hydrogen-bond acceptors (Lipinski definition) is 8. The van der Waals surface area contributed by atoms with E-state index in [1.807, 2.05) is 0 Å². The molecule has 0 unspecified atom stereocenters. The highest BCUT2D eigenvalue weighted by molar-refractivity contribution is 7.47. The monoisotopic (exact) mass is 312 g/mol. The molecule has 1 aliphatic carbocycles. The van der Waals surface area contributed by atoms with Crippen molar-refractivity contribution in [3.8, 4) is 0 Å². The number of aliphatic hydroxyl groups is 3. The maximum absolute atomic E-state index is 11.6. The van der Waals surface area contributed by atoms with Gasteiger partial charge >= 0.3 is 13.8 Å². The van der Waals surface area contributed by atoms with E-state index in [-0.39, 0.29) is 6.42 Å². The molecule has 20 heavy (non-hydrogen) atoms. The number of carbonyl (C=O) groups is 1. The molecule has 0 radical (unpaired) electrons. The number of ether oxygens (including phenoxy) is 1. The molecular weight excluding hydrogens is 295 g/mol. The summed E-state index contributed by atoms with van der Waals surface area (Å²) in [6.07, 6.45) is -3.51. The summed E-state index contributed by atoms with van der Waals surface area (Å²) in [4.78, 5) is 20.8. The minimum atomic E-state index is -4.19. The van der Waals surface area contributed by atoms with Crippen LogP contribution in [-0.2, 0) is 23.1 Å². The molecule has 2 fully saturated rings. The van der Waals surface area contributed by atoms with Crippen molar-refractivity contribution >= 4 is 13.8 Å². The molecule has 1 aliphatic heterocycles. The molecule has 3 atom stereocenters. The van der Waals surface area contributed by atoms with Crippen LogP contribution < -0.4 is 0 Å². The predicted octanol–water partition coefficient (Wildman–Crippen LogP) is -1.46. The summed E-state index contributed by atoms with van der Waals surface area (Å²) in [5.74, 6) is -0.958. The van der Waals surface area contributed by atoms with Gasteiger partial charge in [0, 0.05) is 6.42 Å². The third-order valence-electron chi connectivity index (χ3n) is 3.78. The summed E-state index contributed by atoms with van der Waals surface area (Å²) in [5, 5.41) is 30.2. The number of hydrogen-bond donors (Lipinski definition) is 4. The van der Waals surface area contributed by atoms with Gasteiger partial charge < -0.3 is 24.9 Å². The van der Waals surface area contributed by atoms with Crippen LogP contribution in [0.1, 0.15) is 12.8 Å². The van der Waals surface area contributed by atoms with Crippen molar-refractivity contribution in [1.29, 1.82) is 0 Å². The second kappa shape index (κ2) is 5.03. The number of rotatable bonds is 1. The fourth-order valence-electron chi connectivity index (χ4n) is 2.74. The quantitative estimate of drug-likeness (QED) is 0.337. The van der Waals surface area contributed by atoms with Crippen LogP contribution in [0.3, 0.4) is 0 Å². The van der Waals surface area contributed by atoms with Gasteiger partial charge in [0.15, 0.2) is 5.60 Å². The SMILES string of the molecule is COC(=O)[C@@]1(O)C[C@@H](O)[C@H](O)C2(COP(=O)(O)OC2)C1. The van der Waals surface area contributed by atoms with Gasteiger partial charge in [-0.3, -0.25) is 9.05 Å². The molecule has 0 aromatic heterocycles. The number of phosphoric acid groups is 1. The van der Waals surface area contributed by atoms with Crippen molar-refractivity contribution in [1.82, 2.24) is 0 Å². The maximum atomic E-state index is 11.6. The fourth-order valence-corrected chi connectivity index (χ4v) is 3.66. The average molecular weight is 312 g/mol. The zero-order valence-corrected chi connectivity index (χ0v) is 11.7. The molecule has 0 aromatic carbocycles. The van der Waals surface area contributed by atoms with Crippen LogP contribution in [0.5, 0.6) is 0 Å². The summed E-state index contributed by atoms with van der Waals surface area (Å²) in [6, 6.07) is 0. The molecule has 1 spiro atoms. The van der Waals surface area contributed by atoms with E-state index in [9.17, 15) is 24.7 Å². The Morgan fingerprint density at radius 3 is 2.40 bits per heavy atom. The Balaban J connectivity index is 2.27. The summed E-state index contributed by atoms with van der Waals surface area (Å²) < 4.78 is 25.0. The van der Waals surface area contributed by atoms with E-state index >= 15 is 0 Å². The smallest absolute Gasteiger partial charge is 0.467 e. The van der Waals surface area contributed by atoms with Crippen molar-refractivity contribution < 1.29 is 43.4 Å². The first-order valence-corrected chi connectivity index (χ1v) is 7.43. The third kappa shape index (κ3) is 2.62. The van der Waals surface area contributed by atoms with Gasteiger partial charge in [-0.1, -0.05) is 0 Å². The Labute approximate surface area is 114 Å². The van der Waals surface area contributed by atoms with E-state index in [4.69, 9.17) is 4.89 Å². The number of esters is 1. The highest BCUT2D eigenvalue weighted by Crippen LogP contribution is 2.55. The van der Waals surface area contributed by atoms with Crippen LogP contribution in [0, 0.1) is 5.41 Å². The predicted molar refractivity (Wildman–Crippen MR) is 62.4 cm³/mol. The Morgan fingerprint density at radius 2 is 1.90 bits per heavy atom. The number of phosphoric ester groups is 1. The lowest BCUT2D eigenvalue weighted by Gasteiger charge is -2.50. The summed E-state index contributed by atoms with van der Waals surface area (Å²) in [5.41, 5.74) is -3.38. The second-order valence-electron chi connectivity index (χ2n) is 5.29. The van der Waals surface area contributed by atoms with Crippen LogP contribution >= 0.6 is 7.82 Å². The zero-order chi connectivity index (χ0) is 15.2. The van der Waals surface area contributed by atoms with E-state index in [0.29, 0.717) is 0 Å². The molecule has 1 saturated heterocycles. The lowest BCUT2D eigenvalue weighted by molar-refractivity contribution is -0.213. The van der Waals surface area contributed by atoms with E-state index in [1.54, 1.807) is 0 Å². The van der Waals surface area contributed by atoms with Crippen molar-refractivity contribution in [3.05, 3.63) is 0 Å². The van der Waals surface area contributed by atoms with Crippen LogP contribution in [0.2, 0.25) is 0 Å². The van der Waals surface area contributed by atoms with Gasteiger partial charge in [-0.2, -0.15) is 0 Å². The first-order valence-electron chi connectivity index (χ1n) is 5.93. The molecule has 9 nitrogen and oxygen atoms in total. The first-order chi connectivity index (χ1) is 9.14. The Hall–Kier alpha value is -0.540. The normalized spacial score (nSPS) is 49.0. The molecule has 2 rings (SSSR count). The largest absolute Gasteiger partial charge is 0.472 e. The fraction of sp³-hybridized carbons (Fsp3) is 0.900. The molecule has 4 N–H and O–H groups in total. The summed E-state index contributed by atoms with van der Waals surface area (Å²) in [6.45, 7) is -0.864. The van der Waals surface area contributed by atoms with Crippen LogP contribution in [0.25, 0.3) is 0 Å². The molecule has 1 heterocycles. The third-order valence-corrected chi connectivity index (χ3v) is 4.69. The van der Waals surface area contributed by atoms with Gasteiger partial charge in [0.2, 0.25) is 0 Å². The van der Waals surface area contributed by atoms with Crippen LogP contribution in [0.15, 0.2) is 0 Å². The van der Waals surface area contributed by atoms with Crippen molar-refractivity contribution in [2.75, 3.05) is 20.3 Å². The summed E-state index contributed by atoms with van der Waals surface area (Å²) in [7, 11) is -3.11. The highest BCUT2D eigenvalue weighted by Gasteiger charge is 2.59. The van der Waals surface area contributed by atoms with Gasteiger partial charge in [0.25, 0.3) is 0 Å². The number of carbonyl (C=O) groups excluding carboxylic acids is 1. The molecule has 0 amide bonds. The Morgan fingerprint density at radius 1 is 1.35 bits per heavy atom. The standard InChI is InChI=1S/C10H17O9P/c1-17-8(13)10(14)2-6(11)7(12)9(3-10)4-18-20(15,16)19-5-9/h6-7,11-12,14H,2-5H2,1H3,(H,15,16)/t6-,7+,10-/m1/s1. The number of aliphatic hydroxyl groups excluding tert-OH is 2. The summed E-state index contributed by atoms with van der Waals surface area (Å²) >= 11 is 0. The molecule has 0 bridgehead atoms. The van der Waals surface area contributed by atoms with Crippen LogP contribution in [0.4, 0.5) is 0 Å². The number of methoxy groups -OCH3 is 1. The van der Waals surface area contributed by atoms with Gasteiger partial charge in [0.1, 0.15) is 0 Å². The molecular formula is C10H17O9P. The van der Waals surface area contributed by atoms with E-state index in [2.05, 4.69) is 13.8 Å². The second-order valence-corrected chi connectivity index (χ2v) is 6.75. The molecule has 2 aliphatic rings. The van der Waals surface area contributed by atoms with Gasteiger partial charge in [0.05, 0.1) is 37.9 Å². The van der Waals surface area contributed by atoms with Crippen LogP contribution in [-0.4, -0.2) is 64.3 Å². The van der Waals surface area contributed by atoms with Gasteiger partial charge in [-0.15, -0.1) is 0 Å². The van der Waals surface area contributed by atoms with Crippen molar-refractivity contribution in [2.24, 2.45) is 5.41 Å². The Kier molecular flexibility index (Phi) is 3.98. The molecule has 10 heteroatoms. The van der Waals surface area contributed by atoms with Gasteiger partial charge in [-0.25, -0.2) is 9.36 Å². The minimum absolute atomic E-state index is 0.315. The minimum Gasteiger partial charge on any atom is -0.467 e. The van der Waals surface area contributed by atoms with E-state index < -0.39 is 56.7 Å². The topological polar surface area (TPSA) is 143 Å². The zero-order valence-electron chi connectivity index (χ0n) is 10.8. The molecule has 1 saturated carbocycles. The first kappa shape index (κ1) is 15.8.